The highest BCUT2D eigenvalue weighted by Crippen LogP contribution is 2.35. The van der Waals surface area contributed by atoms with Gasteiger partial charge in [0.05, 0.1) is 19.2 Å². The molecule has 0 aliphatic heterocycles. The topological polar surface area (TPSA) is 44.5 Å². The fourth-order valence-corrected chi connectivity index (χ4v) is 2.35. The Hall–Kier alpha value is -1.78. The monoisotopic (exact) mass is 309 g/mol. The molecule has 2 rings (SSSR count). The number of methoxy groups -OCH3 is 2. The molecule has 5 heteroatoms. The van der Waals surface area contributed by atoms with Crippen molar-refractivity contribution in [3.63, 3.8) is 0 Å². The second kappa shape index (κ2) is 6.78. The maximum absolute atomic E-state index is 13.5. The van der Waals surface area contributed by atoms with Crippen LogP contribution in [0.1, 0.15) is 17.2 Å². The molecule has 1 atom stereocenters. The van der Waals surface area contributed by atoms with Gasteiger partial charge in [0.1, 0.15) is 5.82 Å². The predicted octanol–water partition coefficient (Wildman–Crippen LogP) is 3.74. The summed E-state index contributed by atoms with van der Waals surface area (Å²) in [4.78, 5) is 0. The molecule has 0 heterocycles. The van der Waals surface area contributed by atoms with E-state index < -0.39 is 5.82 Å². The van der Waals surface area contributed by atoms with Crippen LogP contribution in [-0.4, -0.2) is 14.2 Å². The number of nitrogens with two attached hydrogens (primary N) is 1. The molecule has 0 fully saturated rings. The molecular formula is C16H17ClFNO2. The quantitative estimate of drug-likeness (QED) is 0.915. The lowest BCUT2D eigenvalue weighted by molar-refractivity contribution is 0.349. The summed E-state index contributed by atoms with van der Waals surface area (Å²) in [5.74, 6) is 0.772. The third-order valence-electron chi connectivity index (χ3n) is 3.27. The second-order valence-corrected chi connectivity index (χ2v) is 5.05. The van der Waals surface area contributed by atoms with Gasteiger partial charge in [0.15, 0.2) is 11.5 Å². The summed E-state index contributed by atoms with van der Waals surface area (Å²) in [5.41, 5.74) is 7.81. The first-order valence-electron chi connectivity index (χ1n) is 6.47. The normalized spacial score (nSPS) is 12.0. The summed E-state index contributed by atoms with van der Waals surface area (Å²) in [5, 5.41) is 0.103. The lowest BCUT2D eigenvalue weighted by Crippen LogP contribution is -2.15. The smallest absolute Gasteiger partial charge is 0.165 e. The van der Waals surface area contributed by atoms with Gasteiger partial charge in [-0.25, -0.2) is 4.39 Å². The molecule has 0 bridgehead atoms. The summed E-state index contributed by atoms with van der Waals surface area (Å²) in [6.45, 7) is 0. The van der Waals surface area contributed by atoms with Crippen molar-refractivity contribution in [2.24, 2.45) is 5.73 Å². The van der Waals surface area contributed by atoms with Gasteiger partial charge in [0, 0.05) is 11.6 Å². The van der Waals surface area contributed by atoms with Gasteiger partial charge in [-0.15, -0.1) is 0 Å². The summed E-state index contributed by atoms with van der Waals surface area (Å²) in [6, 6.07) is 9.87. The van der Waals surface area contributed by atoms with E-state index in [-0.39, 0.29) is 11.1 Å². The van der Waals surface area contributed by atoms with Crippen molar-refractivity contribution in [3.05, 3.63) is 58.4 Å². The highest BCUT2D eigenvalue weighted by molar-refractivity contribution is 6.30. The first kappa shape index (κ1) is 15.6. The second-order valence-electron chi connectivity index (χ2n) is 4.64. The van der Waals surface area contributed by atoms with Crippen molar-refractivity contribution in [2.75, 3.05) is 14.2 Å². The van der Waals surface area contributed by atoms with Crippen molar-refractivity contribution >= 4 is 11.6 Å². The van der Waals surface area contributed by atoms with Crippen molar-refractivity contribution < 1.29 is 13.9 Å². The first-order chi connectivity index (χ1) is 10.1. The molecule has 0 saturated heterocycles. The summed E-state index contributed by atoms with van der Waals surface area (Å²) in [6.07, 6.45) is 0.470. The van der Waals surface area contributed by atoms with Gasteiger partial charge in [-0.3, -0.25) is 0 Å². The van der Waals surface area contributed by atoms with Crippen LogP contribution < -0.4 is 15.2 Å². The Morgan fingerprint density at radius 3 is 2.57 bits per heavy atom. The molecule has 0 aliphatic carbocycles. The van der Waals surface area contributed by atoms with Gasteiger partial charge in [0.25, 0.3) is 0 Å². The molecule has 112 valence electrons. The molecular weight excluding hydrogens is 293 g/mol. The SMILES string of the molecule is COc1cccc(C(N)Cc2ccc(Cl)c(F)c2)c1OC. The Bertz CT molecular complexity index is 634. The third-order valence-corrected chi connectivity index (χ3v) is 3.58. The van der Waals surface area contributed by atoms with E-state index >= 15 is 0 Å². The Kier molecular flexibility index (Phi) is 5.04. The fourth-order valence-electron chi connectivity index (χ4n) is 2.23. The average molecular weight is 310 g/mol. The Labute approximate surface area is 128 Å². The third kappa shape index (κ3) is 3.46. The van der Waals surface area contributed by atoms with Gasteiger partial charge < -0.3 is 15.2 Å². The van der Waals surface area contributed by atoms with Crippen LogP contribution >= 0.6 is 11.6 Å². The standard InChI is InChI=1S/C16H17ClFNO2/c1-20-15-5-3-4-11(16(15)21-2)14(19)9-10-6-7-12(17)13(18)8-10/h3-8,14H,9,19H2,1-2H3. The minimum absolute atomic E-state index is 0.103. The van der Waals surface area contributed by atoms with E-state index in [1.165, 1.54) is 12.1 Å². The van der Waals surface area contributed by atoms with Gasteiger partial charge >= 0.3 is 0 Å². The van der Waals surface area contributed by atoms with Crippen LogP contribution in [0, 0.1) is 5.82 Å². The van der Waals surface area contributed by atoms with Crippen LogP contribution in [0.2, 0.25) is 5.02 Å². The summed E-state index contributed by atoms with van der Waals surface area (Å²) in [7, 11) is 3.14. The van der Waals surface area contributed by atoms with Crippen LogP contribution in [-0.2, 0) is 6.42 Å². The van der Waals surface area contributed by atoms with E-state index in [9.17, 15) is 4.39 Å². The summed E-state index contributed by atoms with van der Waals surface area (Å²) < 4.78 is 24.1. The van der Waals surface area contributed by atoms with E-state index in [1.54, 1.807) is 26.4 Å². The molecule has 3 nitrogen and oxygen atoms in total. The molecule has 0 amide bonds. The maximum atomic E-state index is 13.5. The number of rotatable bonds is 5. The van der Waals surface area contributed by atoms with Crippen LogP contribution in [0.5, 0.6) is 11.5 Å². The first-order valence-corrected chi connectivity index (χ1v) is 6.85. The zero-order chi connectivity index (χ0) is 15.4. The number of benzene rings is 2. The zero-order valence-electron chi connectivity index (χ0n) is 11.9. The van der Waals surface area contributed by atoms with Gasteiger partial charge in [-0.05, 0) is 30.2 Å². The molecule has 2 aromatic carbocycles. The number of hydrogen-bond acceptors (Lipinski definition) is 3. The molecule has 2 N–H and O–H groups in total. The van der Waals surface area contributed by atoms with Gasteiger partial charge in [0.2, 0.25) is 0 Å². The molecule has 0 radical (unpaired) electrons. The Balaban J connectivity index is 2.27. The van der Waals surface area contributed by atoms with Gasteiger partial charge in [-0.1, -0.05) is 29.8 Å². The van der Waals surface area contributed by atoms with E-state index in [4.69, 9.17) is 26.8 Å². The molecule has 0 spiro atoms. The lowest BCUT2D eigenvalue weighted by atomic mass is 9.98. The molecule has 0 aromatic heterocycles. The number of halogens is 2. The van der Waals surface area contributed by atoms with Gasteiger partial charge in [-0.2, -0.15) is 0 Å². The van der Waals surface area contributed by atoms with Crippen molar-refractivity contribution in [3.8, 4) is 11.5 Å². The predicted molar refractivity (Wildman–Crippen MR) is 81.6 cm³/mol. The van der Waals surface area contributed by atoms with Crippen LogP contribution in [0.3, 0.4) is 0 Å². The Morgan fingerprint density at radius 2 is 1.95 bits per heavy atom. The molecule has 2 aromatic rings. The average Bonchev–Trinajstić information content (AvgIpc) is 2.49. The van der Waals surface area contributed by atoms with Crippen molar-refractivity contribution in [1.82, 2.24) is 0 Å². The highest BCUT2D eigenvalue weighted by atomic mass is 35.5. The van der Waals surface area contributed by atoms with Crippen LogP contribution in [0.15, 0.2) is 36.4 Å². The zero-order valence-corrected chi connectivity index (χ0v) is 12.7. The molecule has 1 unspecified atom stereocenters. The van der Waals surface area contributed by atoms with Crippen molar-refractivity contribution in [2.45, 2.75) is 12.5 Å². The minimum Gasteiger partial charge on any atom is -0.493 e. The van der Waals surface area contributed by atoms with Crippen LogP contribution in [0.25, 0.3) is 0 Å². The van der Waals surface area contributed by atoms with E-state index in [0.717, 1.165) is 11.1 Å². The largest absolute Gasteiger partial charge is 0.493 e. The fraction of sp³-hybridized carbons (Fsp3) is 0.250. The number of ether oxygens (including phenoxy) is 2. The summed E-state index contributed by atoms with van der Waals surface area (Å²) >= 11 is 5.68. The minimum atomic E-state index is -0.445. The number of para-hydroxylation sites is 1. The lowest BCUT2D eigenvalue weighted by Gasteiger charge is -2.18. The highest BCUT2D eigenvalue weighted by Gasteiger charge is 2.16. The molecule has 0 aliphatic rings. The van der Waals surface area contributed by atoms with E-state index in [0.29, 0.717) is 17.9 Å². The Morgan fingerprint density at radius 1 is 1.19 bits per heavy atom. The number of hydrogen-bond donors (Lipinski definition) is 1. The van der Waals surface area contributed by atoms with E-state index in [1.807, 2.05) is 12.1 Å². The van der Waals surface area contributed by atoms with Crippen molar-refractivity contribution in [1.29, 1.82) is 0 Å². The molecule has 21 heavy (non-hydrogen) atoms. The maximum Gasteiger partial charge on any atom is 0.165 e. The van der Waals surface area contributed by atoms with E-state index in [2.05, 4.69) is 0 Å². The van der Waals surface area contributed by atoms with Crippen LogP contribution in [0.4, 0.5) is 4.39 Å². The molecule has 0 saturated carbocycles.